The third-order valence-corrected chi connectivity index (χ3v) is 2.91. The van der Waals surface area contributed by atoms with Crippen molar-refractivity contribution in [1.82, 2.24) is 4.98 Å². The first-order chi connectivity index (χ1) is 10.3. The average molecular weight is 283 g/mol. The Labute approximate surface area is 121 Å². The van der Waals surface area contributed by atoms with Crippen LogP contribution in [0.2, 0.25) is 0 Å². The molecule has 2 heterocycles. The van der Waals surface area contributed by atoms with Crippen molar-refractivity contribution in [2.75, 3.05) is 25.3 Å². The van der Waals surface area contributed by atoms with Crippen LogP contribution in [0.15, 0.2) is 36.5 Å². The third-order valence-electron chi connectivity index (χ3n) is 2.91. The van der Waals surface area contributed by atoms with E-state index in [1.807, 2.05) is 12.1 Å². The lowest BCUT2D eigenvalue weighted by Gasteiger charge is -2.08. The van der Waals surface area contributed by atoms with E-state index in [9.17, 15) is 0 Å². The van der Waals surface area contributed by atoms with Crippen molar-refractivity contribution in [3.63, 3.8) is 0 Å². The molecule has 6 heteroatoms. The molecule has 1 aromatic heterocycles. The van der Waals surface area contributed by atoms with Gasteiger partial charge in [-0.05, 0) is 24.3 Å². The van der Waals surface area contributed by atoms with Crippen LogP contribution in [0, 0.1) is 11.3 Å². The standard InChI is InChI=1S/C15H13N3O3/c16-9-11-3-4-17-15(7-11)18-5-6-19-12-1-2-13-14(8-12)21-10-20-13/h1-4,7-8H,5-6,10H2,(H,17,18). The Bertz CT molecular complexity index is 682. The van der Waals surface area contributed by atoms with E-state index in [1.54, 1.807) is 24.4 Å². The maximum atomic E-state index is 8.81. The van der Waals surface area contributed by atoms with Gasteiger partial charge < -0.3 is 19.5 Å². The third kappa shape index (κ3) is 3.15. The predicted octanol–water partition coefficient (Wildman–Crippen LogP) is 2.17. The number of nitrogens with one attached hydrogen (secondary N) is 1. The molecule has 21 heavy (non-hydrogen) atoms. The lowest BCUT2D eigenvalue weighted by atomic mass is 10.3. The summed E-state index contributed by atoms with van der Waals surface area (Å²) in [5.74, 6) is 2.81. The van der Waals surface area contributed by atoms with Gasteiger partial charge >= 0.3 is 0 Å². The maximum Gasteiger partial charge on any atom is 0.231 e. The van der Waals surface area contributed by atoms with Gasteiger partial charge in [0.2, 0.25) is 6.79 Å². The van der Waals surface area contributed by atoms with Crippen molar-refractivity contribution in [2.45, 2.75) is 0 Å². The molecule has 2 aromatic rings. The molecule has 1 aliphatic heterocycles. The monoisotopic (exact) mass is 283 g/mol. The Hall–Kier alpha value is -2.94. The molecule has 0 amide bonds. The minimum atomic E-state index is 0.251. The number of hydrogen-bond acceptors (Lipinski definition) is 6. The second-order valence-corrected chi connectivity index (χ2v) is 4.33. The number of ether oxygens (including phenoxy) is 3. The van der Waals surface area contributed by atoms with Gasteiger partial charge in [-0.15, -0.1) is 0 Å². The summed E-state index contributed by atoms with van der Waals surface area (Å²) in [5, 5.41) is 11.9. The molecular weight excluding hydrogens is 270 g/mol. The van der Waals surface area contributed by atoms with Crippen LogP contribution in [0.3, 0.4) is 0 Å². The van der Waals surface area contributed by atoms with E-state index in [-0.39, 0.29) is 6.79 Å². The fourth-order valence-corrected chi connectivity index (χ4v) is 1.91. The van der Waals surface area contributed by atoms with Crippen LogP contribution in [-0.4, -0.2) is 24.9 Å². The Morgan fingerprint density at radius 1 is 1.24 bits per heavy atom. The summed E-state index contributed by atoms with van der Waals surface area (Å²) in [5.41, 5.74) is 0.573. The first-order valence-electron chi connectivity index (χ1n) is 6.47. The zero-order valence-electron chi connectivity index (χ0n) is 11.2. The summed E-state index contributed by atoms with van der Waals surface area (Å²) >= 11 is 0. The smallest absolute Gasteiger partial charge is 0.231 e. The molecule has 3 rings (SSSR count). The average Bonchev–Trinajstić information content (AvgIpc) is 2.99. The van der Waals surface area contributed by atoms with Crippen LogP contribution in [-0.2, 0) is 0 Å². The van der Waals surface area contributed by atoms with Crippen molar-refractivity contribution in [3.8, 4) is 23.3 Å². The lowest BCUT2D eigenvalue weighted by molar-refractivity contribution is 0.174. The Kier molecular flexibility index (Phi) is 3.74. The summed E-state index contributed by atoms with van der Waals surface area (Å²) in [7, 11) is 0. The molecule has 0 saturated heterocycles. The van der Waals surface area contributed by atoms with E-state index < -0.39 is 0 Å². The highest BCUT2D eigenvalue weighted by Gasteiger charge is 2.13. The molecule has 0 fully saturated rings. The summed E-state index contributed by atoms with van der Waals surface area (Å²) in [6, 6.07) is 10.9. The molecule has 0 atom stereocenters. The van der Waals surface area contributed by atoms with Crippen molar-refractivity contribution in [2.24, 2.45) is 0 Å². The second kappa shape index (κ2) is 6.01. The molecule has 0 bridgehead atoms. The number of rotatable bonds is 5. The topological polar surface area (TPSA) is 76.4 Å². The van der Waals surface area contributed by atoms with E-state index in [1.165, 1.54) is 0 Å². The zero-order valence-corrected chi connectivity index (χ0v) is 11.2. The second-order valence-electron chi connectivity index (χ2n) is 4.33. The van der Waals surface area contributed by atoms with Gasteiger partial charge in [0.05, 0.1) is 18.2 Å². The number of hydrogen-bond donors (Lipinski definition) is 1. The summed E-state index contributed by atoms with van der Waals surface area (Å²) < 4.78 is 16.1. The predicted molar refractivity (Wildman–Crippen MR) is 75.5 cm³/mol. The zero-order chi connectivity index (χ0) is 14.5. The van der Waals surface area contributed by atoms with Crippen LogP contribution >= 0.6 is 0 Å². The van der Waals surface area contributed by atoms with Gasteiger partial charge in [0, 0.05) is 12.3 Å². The van der Waals surface area contributed by atoms with Crippen LogP contribution in [0.1, 0.15) is 5.56 Å². The molecule has 1 N–H and O–H groups in total. The van der Waals surface area contributed by atoms with Gasteiger partial charge in [-0.1, -0.05) is 0 Å². The van der Waals surface area contributed by atoms with Crippen molar-refractivity contribution < 1.29 is 14.2 Å². The van der Waals surface area contributed by atoms with Gasteiger partial charge in [0.1, 0.15) is 18.2 Å². The van der Waals surface area contributed by atoms with Gasteiger partial charge in [0.25, 0.3) is 0 Å². The highest BCUT2D eigenvalue weighted by atomic mass is 16.7. The van der Waals surface area contributed by atoms with E-state index in [2.05, 4.69) is 16.4 Å². The molecular formula is C15H13N3O3. The lowest BCUT2D eigenvalue weighted by Crippen LogP contribution is -2.12. The van der Waals surface area contributed by atoms with Gasteiger partial charge in [-0.3, -0.25) is 0 Å². The van der Waals surface area contributed by atoms with Crippen molar-refractivity contribution in [1.29, 1.82) is 5.26 Å². The molecule has 6 nitrogen and oxygen atoms in total. The van der Waals surface area contributed by atoms with Crippen LogP contribution in [0.5, 0.6) is 17.2 Å². The highest BCUT2D eigenvalue weighted by Crippen LogP contribution is 2.34. The molecule has 0 saturated carbocycles. The van der Waals surface area contributed by atoms with Gasteiger partial charge in [-0.25, -0.2) is 4.98 Å². The van der Waals surface area contributed by atoms with Gasteiger partial charge in [-0.2, -0.15) is 5.26 Å². The quantitative estimate of drug-likeness (QED) is 0.847. The minimum Gasteiger partial charge on any atom is -0.492 e. The van der Waals surface area contributed by atoms with Crippen molar-refractivity contribution >= 4 is 5.82 Å². The largest absolute Gasteiger partial charge is 0.492 e. The van der Waals surface area contributed by atoms with Crippen molar-refractivity contribution in [3.05, 3.63) is 42.1 Å². The first-order valence-corrected chi connectivity index (χ1v) is 6.47. The Balaban J connectivity index is 1.49. The highest BCUT2D eigenvalue weighted by molar-refractivity contribution is 5.47. The van der Waals surface area contributed by atoms with E-state index >= 15 is 0 Å². The summed E-state index contributed by atoms with van der Waals surface area (Å²) in [6.45, 7) is 1.30. The maximum absolute atomic E-state index is 8.81. The number of fused-ring (bicyclic) bond motifs is 1. The van der Waals surface area contributed by atoms with Gasteiger partial charge in [0.15, 0.2) is 11.5 Å². The number of benzene rings is 1. The van der Waals surface area contributed by atoms with Crippen LogP contribution in [0.25, 0.3) is 0 Å². The SMILES string of the molecule is N#Cc1ccnc(NCCOc2ccc3c(c2)OCO3)c1. The number of aromatic nitrogens is 1. The van der Waals surface area contributed by atoms with E-state index in [0.29, 0.717) is 30.3 Å². The van der Waals surface area contributed by atoms with E-state index in [4.69, 9.17) is 19.5 Å². The molecule has 0 radical (unpaired) electrons. The Morgan fingerprint density at radius 3 is 3.05 bits per heavy atom. The molecule has 1 aromatic carbocycles. The normalized spacial score (nSPS) is 11.8. The number of nitriles is 1. The fraction of sp³-hybridized carbons (Fsp3) is 0.200. The molecule has 0 unspecified atom stereocenters. The number of nitrogens with zero attached hydrogens (tertiary/aromatic N) is 2. The number of anilines is 1. The molecule has 0 spiro atoms. The molecule has 0 aliphatic carbocycles. The Morgan fingerprint density at radius 2 is 2.14 bits per heavy atom. The van der Waals surface area contributed by atoms with Crippen LogP contribution < -0.4 is 19.5 Å². The minimum absolute atomic E-state index is 0.251. The number of pyridine rings is 1. The van der Waals surface area contributed by atoms with E-state index in [0.717, 1.165) is 11.5 Å². The molecule has 1 aliphatic rings. The first kappa shape index (κ1) is 13.1. The molecule has 106 valence electrons. The summed E-state index contributed by atoms with van der Waals surface area (Å²) in [4.78, 5) is 4.12. The fourth-order valence-electron chi connectivity index (χ4n) is 1.91. The summed E-state index contributed by atoms with van der Waals surface area (Å²) in [6.07, 6.45) is 1.60. The van der Waals surface area contributed by atoms with Crippen LogP contribution in [0.4, 0.5) is 5.82 Å².